The fraction of sp³-hybridized carbons (Fsp3) is 0.600. The van der Waals surface area contributed by atoms with Crippen molar-refractivity contribution in [3.05, 3.63) is 29.8 Å². The average molecular weight is 392 g/mol. The molecule has 1 aromatic carbocycles. The number of nitrogens with zero attached hydrogens (tertiary/aromatic N) is 2. The molecule has 0 spiro atoms. The van der Waals surface area contributed by atoms with Gasteiger partial charge in [0.05, 0.1) is 4.90 Å². The monoisotopic (exact) mass is 391 g/mol. The lowest BCUT2D eigenvalue weighted by Gasteiger charge is -2.21. The molecule has 0 saturated heterocycles. The van der Waals surface area contributed by atoms with Gasteiger partial charge in [0, 0.05) is 32.1 Å². The minimum absolute atomic E-state index is 0.227. The highest BCUT2D eigenvalue weighted by Crippen LogP contribution is 2.25. The molecule has 1 amide bonds. The number of hydrogen-bond acceptors (Lipinski definition) is 4. The smallest absolute Gasteiger partial charge is 0.263 e. The highest BCUT2D eigenvalue weighted by Gasteiger charge is 2.29. The molecule has 0 unspecified atom stereocenters. The van der Waals surface area contributed by atoms with Crippen LogP contribution in [0.5, 0.6) is 0 Å². The number of amidine groups is 1. The summed E-state index contributed by atoms with van der Waals surface area (Å²) in [4.78, 5) is 18.8. The average Bonchev–Trinajstić information content (AvgIpc) is 3.24. The molecule has 6 nitrogen and oxygen atoms in total. The summed E-state index contributed by atoms with van der Waals surface area (Å²) >= 11 is 0. The van der Waals surface area contributed by atoms with E-state index < -0.39 is 10.0 Å². The Morgan fingerprint density at radius 2 is 1.93 bits per heavy atom. The summed E-state index contributed by atoms with van der Waals surface area (Å²) in [5.41, 5.74) is 0.640. The lowest BCUT2D eigenvalue weighted by Crippen LogP contribution is -2.30. The largest absolute Gasteiger partial charge is 0.345 e. The Hall–Kier alpha value is -1.89. The van der Waals surface area contributed by atoms with Crippen LogP contribution in [0.1, 0.15) is 56.9 Å². The molecule has 27 heavy (non-hydrogen) atoms. The van der Waals surface area contributed by atoms with Gasteiger partial charge in [-0.3, -0.25) is 14.5 Å². The zero-order valence-electron chi connectivity index (χ0n) is 16.0. The molecule has 0 aromatic heterocycles. The molecule has 1 heterocycles. The van der Waals surface area contributed by atoms with Crippen LogP contribution in [-0.4, -0.2) is 45.2 Å². The van der Waals surface area contributed by atoms with Gasteiger partial charge in [-0.05, 0) is 43.7 Å². The third-order valence-electron chi connectivity index (χ3n) is 5.41. The number of hydrogen-bond donors (Lipinski definition) is 1. The quantitative estimate of drug-likeness (QED) is 0.692. The van der Waals surface area contributed by atoms with Crippen molar-refractivity contribution in [1.29, 1.82) is 0 Å². The van der Waals surface area contributed by atoms with E-state index in [0.29, 0.717) is 35.2 Å². The summed E-state index contributed by atoms with van der Waals surface area (Å²) in [5.74, 6) is 1.34. The Morgan fingerprint density at radius 3 is 2.70 bits per heavy atom. The van der Waals surface area contributed by atoms with Gasteiger partial charge in [-0.25, -0.2) is 8.42 Å². The fourth-order valence-corrected chi connectivity index (χ4v) is 5.13. The van der Waals surface area contributed by atoms with Crippen LogP contribution in [-0.2, 0) is 14.8 Å². The van der Waals surface area contributed by atoms with Crippen LogP contribution in [0, 0.1) is 5.92 Å². The Balaban J connectivity index is 1.37. The van der Waals surface area contributed by atoms with Gasteiger partial charge in [0.2, 0.25) is 5.91 Å². The molecule has 1 aliphatic heterocycles. The molecule has 1 fully saturated rings. The van der Waals surface area contributed by atoms with E-state index in [1.807, 2.05) is 18.0 Å². The Kier molecular flexibility index (Phi) is 6.52. The predicted molar refractivity (Wildman–Crippen MR) is 106 cm³/mol. The molecule has 0 atom stereocenters. The number of carbonyl (C=O) groups is 1. The summed E-state index contributed by atoms with van der Waals surface area (Å²) in [6.45, 7) is 1.45. The van der Waals surface area contributed by atoms with Gasteiger partial charge >= 0.3 is 0 Å². The first kappa shape index (κ1) is 19.9. The number of fused-ring (bicyclic) bond motifs is 1. The molecule has 7 heteroatoms. The standard InChI is InChI=1S/C20H29N3O3S/c1-23(15-16-9-4-5-10-16)19(24)13-3-2-8-14-21-20-17-11-6-7-12-18(17)27(25,26)22-20/h6-7,11-12,16H,2-5,8-10,13-15H2,1H3,(H,21,22). The normalized spacial score (nSPS) is 19.8. The van der Waals surface area contributed by atoms with Crippen molar-refractivity contribution in [2.24, 2.45) is 10.9 Å². The molecule has 148 valence electrons. The number of rotatable bonds is 8. The molecular formula is C20H29N3O3S. The molecule has 1 aliphatic carbocycles. The number of benzene rings is 1. The van der Waals surface area contributed by atoms with Gasteiger partial charge in [-0.15, -0.1) is 0 Å². The van der Waals surface area contributed by atoms with Crippen molar-refractivity contribution in [3.63, 3.8) is 0 Å². The molecule has 1 aromatic rings. The van der Waals surface area contributed by atoms with Crippen molar-refractivity contribution >= 4 is 21.8 Å². The Bertz CT molecular complexity index is 798. The molecule has 1 N–H and O–H groups in total. The number of unbranched alkanes of at least 4 members (excludes halogenated alkanes) is 2. The minimum atomic E-state index is -3.46. The lowest BCUT2D eigenvalue weighted by atomic mass is 10.1. The van der Waals surface area contributed by atoms with Crippen molar-refractivity contribution in [3.8, 4) is 0 Å². The second-order valence-electron chi connectivity index (χ2n) is 7.57. The first-order chi connectivity index (χ1) is 13.0. The summed E-state index contributed by atoms with van der Waals surface area (Å²) in [6, 6.07) is 6.88. The summed E-state index contributed by atoms with van der Waals surface area (Å²) in [5, 5.41) is 0. The first-order valence-corrected chi connectivity index (χ1v) is 11.4. The second-order valence-corrected chi connectivity index (χ2v) is 9.22. The van der Waals surface area contributed by atoms with E-state index >= 15 is 0 Å². The summed E-state index contributed by atoms with van der Waals surface area (Å²) < 4.78 is 26.6. The number of carbonyl (C=O) groups excluding carboxylic acids is 1. The topological polar surface area (TPSA) is 78.8 Å². The van der Waals surface area contributed by atoms with Gasteiger partial charge < -0.3 is 4.90 Å². The molecular weight excluding hydrogens is 362 g/mol. The van der Waals surface area contributed by atoms with Gasteiger partial charge in [-0.2, -0.15) is 0 Å². The maximum atomic E-state index is 12.2. The maximum absolute atomic E-state index is 12.2. The number of nitrogens with one attached hydrogen (secondary N) is 1. The van der Waals surface area contributed by atoms with Crippen LogP contribution < -0.4 is 4.72 Å². The lowest BCUT2D eigenvalue weighted by molar-refractivity contribution is -0.130. The first-order valence-electron chi connectivity index (χ1n) is 9.88. The van der Waals surface area contributed by atoms with Crippen LogP contribution in [0.3, 0.4) is 0 Å². The maximum Gasteiger partial charge on any atom is 0.263 e. The molecule has 3 rings (SSSR count). The van der Waals surface area contributed by atoms with Crippen molar-refractivity contribution < 1.29 is 13.2 Å². The van der Waals surface area contributed by atoms with Crippen molar-refractivity contribution in [2.45, 2.75) is 56.3 Å². The molecule has 1 saturated carbocycles. The zero-order chi connectivity index (χ0) is 19.3. The number of sulfonamides is 1. The van der Waals surface area contributed by atoms with Gasteiger partial charge in [0.15, 0.2) is 0 Å². The third-order valence-corrected chi connectivity index (χ3v) is 6.81. The minimum Gasteiger partial charge on any atom is -0.345 e. The van der Waals surface area contributed by atoms with E-state index in [1.165, 1.54) is 25.7 Å². The Morgan fingerprint density at radius 1 is 1.19 bits per heavy atom. The van der Waals surface area contributed by atoms with Gasteiger partial charge in [0.1, 0.15) is 5.84 Å². The third kappa shape index (κ3) is 5.09. The summed E-state index contributed by atoms with van der Waals surface area (Å²) in [7, 11) is -1.55. The van der Waals surface area contributed by atoms with Gasteiger partial charge in [0.25, 0.3) is 10.0 Å². The van der Waals surface area contributed by atoms with E-state index in [-0.39, 0.29) is 5.91 Å². The van der Waals surface area contributed by atoms with Crippen LogP contribution >= 0.6 is 0 Å². The zero-order valence-corrected chi connectivity index (χ0v) is 16.8. The molecule has 2 aliphatic rings. The van der Waals surface area contributed by atoms with Crippen molar-refractivity contribution in [2.75, 3.05) is 20.1 Å². The molecule has 0 bridgehead atoms. The van der Waals surface area contributed by atoms with E-state index in [4.69, 9.17) is 0 Å². The number of amides is 1. The fourth-order valence-electron chi connectivity index (χ4n) is 3.88. The predicted octanol–water partition coefficient (Wildman–Crippen LogP) is 2.93. The van der Waals surface area contributed by atoms with Crippen molar-refractivity contribution in [1.82, 2.24) is 9.62 Å². The summed E-state index contributed by atoms with van der Waals surface area (Å²) in [6.07, 6.45) is 8.29. The van der Waals surface area contributed by atoms with Crippen LogP contribution in [0.15, 0.2) is 34.2 Å². The second kappa shape index (κ2) is 8.87. The number of aliphatic imine (C=N–C) groups is 1. The Labute approximate surface area is 162 Å². The van der Waals surface area contributed by atoms with Crippen LogP contribution in [0.4, 0.5) is 0 Å². The highest BCUT2D eigenvalue weighted by molar-refractivity contribution is 7.90. The van der Waals surface area contributed by atoms with E-state index in [0.717, 1.165) is 25.8 Å². The highest BCUT2D eigenvalue weighted by atomic mass is 32.2. The van der Waals surface area contributed by atoms with E-state index in [9.17, 15) is 13.2 Å². The van der Waals surface area contributed by atoms with E-state index in [2.05, 4.69) is 9.71 Å². The van der Waals surface area contributed by atoms with Crippen LogP contribution in [0.25, 0.3) is 0 Å². The SMILES string of the molecule is CN(CC1CCCC1)C(=O)CCCCCN=C1NS(=O)(=O)c2ccccc21. The van der Waals surface area contributed by atoms with Gasteiger partial charge in [-0.1, -0.05) is 31.4 Å². The van der Waals surface area contributed by atoms with Crippen LogP contribution in [0.2, 0.25) is 0 Å². The van der Waals surface area contributed by atoms with E-state index in [1.54, 1.807) is 18.2 Å². The molecule has 0 radical (unpaired) electrons.